The zero-order valence-electron chi connectivity index (χ0n) is 6.72. The molecule has 10 heavy (non-hydrogen) atoms. The van der Waals surface area contributed by atoms with Crippen LogP contribution in [0.1, 0.15) is 20.3 Å². The molecule has 0 spiro atoms. The molecule has 0 unspecified atom stereocenters. The summed E-state index contributed by atoms with van der Waals surface area (Å²) in [4.78, 5) is 2.31. The van der Waals surface area contributed by atoms with Crippen LogP contribution >= 0.6 is 0 Å². The molecule has 0 aromatic rings. The molecule has 1 heteroatoms. The molecule has 1 radical (unpaired) electrons. The van der Waals surface area contributed by atoms with Crippen molar-refractivity contribution in [3.05, 3.63) is 23.9 Å². The van der Waals surface area contributed by atoms with Crippen molar-refractivity contribution in [2.24, 2.45) is 0 Å². The minimum Gasteiger partial charge on any atom is -0.372 e. The van der Waals surface area contributed by atoms with Gasteiger partial charge in [-0.15, -0.1) is 0 Å². The minimum atomic E-state index is 0.992. The topological polar surface area (TPSA) is 3.24 Å². The van der Waals surface area contributed by atoms with Crippen molar-refractivity contribution in [1.82, 2.24) is 4.90 Å². The molecule has 0 atom stereocenters. The summed E-state index contributed by atoms with van der Waals surface area (Å²) in [6, 6.07) is 0. The average molecular weight is 136 g/mol. The van der Waals surface area contributed by atoms with E-state index in [1.165, 1.54) is 5.70 Å². The summed E-state index contributed by atoms with van der Waals surface area (Å²) in [5.41, 5.74) is 1.27. The van der Waals surface area contributed by atoms with Gasteiger partial charge in [-0.25, -0.2) is 0 Å². The highest BCUT2D eigenvalue weighted by Gasteiger charge is 2.03. The number of allylic oxidation sites excluding steroid dienone is 3. The molecule has 1 aliphatic carbocycles. The van der Waals surface area contributed by atoms with E-state index in [4.69, 9.17) is 0 Å². The Morgan fingerprint density at radius 1 is 1.50 bits per heavy atom. The van der Waals surface area contributed by atoms with Crippen molar-refractivity contribution in [1.29, 1.82) is 0 Å². The molecule has 0 fully saturated rings. The van der Waals surface area contributed by atoms with Gasteiger partial charge in [0.25, 0.3) is 0 Å². The van der Waals surface area contributed by atoms with Crippen LogP contribution in [0.3, 0.4) is 0 Å². The zero-order valence-corrected chi connectivity index (χ0v) is 6.72. The monoisotopic (exact) mass is 136 g/mol. The molecule has 1 nitrogen and oxygen atoms in total. The van der Waals surface area contributed by atoms with Gasteiger partial charge in [-0.3, -0.25) is 0 Å². The van der Waals surface area contributed by atoms with Gasteiger partial charge >= 0.3 is 0 Å². The zero-order chi connectivity index (χ0) is 7.40. The van der Waals surface area contributed by atoms with Crippen molar-refractivity contribution in [3.63, 3.8) is 0 Å². The third-order valence-electron chi connectivity index (χ3n) is 1.78. The van der Waals surface area contributed by atoms with Gasteiger partial charge in [0.2, 0.25) is 0 Å². The van der Waals surface area contributed by atoms with Gasteiger partial charge in [-0.2, -0.15) is 0 Å². The van der Waals surface area contributed by atoms with Crippen LogP contribution in [0.25, 0.3) is 0 Å². The molecular formula is C9H14N. The fraction of sp³-hybridized carbons (Fsp3) is 0.556. The Balaban J connectivity index is 2.52. The van der Waals surface area contributed by atoms with E-state index in [-0.39, 0.29) is 0 Å². The lowest BCUT2D eigenvalue weighted by molar-refractivity contribution is 0.393. The lowest BCUT2D eigenvalue weighted by atomic mass is 10.4. The molecular weight excluding hydrogens is 122 g/mol. The third-order valence-corrected chi connectivity index (χ3v) is 1.78. The van der Waals surface area contributed by atoms with E-state index in [2.05, 4.69) is 37.0 Å². The van der Waals surface area contributed by atoms with Gasteiger partial charge in [0, 0.05) is 18.8 Å². The normalized spacial score (nSPS) is 15.6. The maximum absolute atomic E-state index is 3.29. The maximum Gasteiger partial charge on any atom is 0.0402 e. The van der Waals surface area contributed by atoms with Crippen molar-refractivity contribution >= 4 is 0 Å². The first-order valence-electron chi connectivity index (χ1n) is 3.90. The van der Waals surface area contributed by atoms with Gasteiger partial charge < -0.3 is 4.90 Å². The number of likely N-dealkylation sites (N-methyl/N-ethyl adjacent to an activating group) is 1. The van der Waals surface area contributed by atoms with Crippen LogP contribution in [0, 0.1) is 6.08 Å². The first-order chi connectivity index (χ1) is 4.88. The summed E-state index contributed by atoms with van der Waals surface area (Å²) >= 11 is 0. The first-order valence-corrected chi connectivity index (χ1v) is 3.90. The highest BCUT2D eigenvalue weighted by atomic mass is 15.1. The first kappa shape index (κ1) is 7.39. The second-order valence-corrected chi connectivity index (χ2v) is 2.34. The summed E-state index contributed by atoms with van der Waals surface area (Å²) in [5, 5.41) is 0. The van der Waals surface area contributed by atoms with E-state index in [1.807, 2.05) is 0 Å². The second-order valence-electron chi connectivity index (χ2n) is 2.34. The predicted molar refractivity (Wildman–Crippen MR) is 43.4 cm³/mol. The molecule has 0 amide bonds. The summed E-state index contributed by atoms with van der Waals surface area (Å²) < 4.78 is 0. The highest BCUT2D eigenvalue weighted by molar-refractivity contribution is 5.21. The van der Waals surface area contributed by atoms with Crippen LogP contribution in [-0.2, 0) is 0 Å². The molecule has 0 bridgehead atoms. The van der Waals surface area contributed by atoms with E-state index < -0.39 is 0 Å². The third kappa shape index (κ3) is 1.41. The number of hydrogen-bond donors (Lipinski definition) is 0. The van der Waals surface area contributed by atoms with Gasteiger partial charge in [0.1, 0.15) is 0 Å². The van der Waals surface area contributed by atoms with Crippen molar-refractivity contribution < 1.29 is 0 Å². The van der Waals surface area contributed by atoms with Crippen molar-refractivity contribution in [2.75, 3.05) is 13.1 Å². The summed E-state index contributed by atoms with van der Waals surface area (Å²) in [6.45, 7) is 6.51. The number of rotatable bonds is 3. The SMILES string of the molecule is CCN(CC)C1=[C]CC=C1. The van der Waals surface area contributed by atoms with Crippen molar-refractivity contribution in [2.45, 2.75) is 20.3 Å². The Hall–Kier alpha value is -0.720. The smallest absolute Gasteiger partial charge is 0.0402 e. The highest BCUT2D eigenvalue weighted by Crippen LogP contribution is 2.11. The lowest BCUT2D eigenvalue weighted by Crippen LogP contribution is -2.20. The predicted octanol–water partition coefficient (Wildman–Crippen LogP) is 1.98. The minimum absolute atomic E-state index is 0.992. The Morgan fingerprint density at radius 3 is 2.60 bits per heavy atom. The molecule has 0 aromatic carbocycles. The molecule has 1 rings (SSSR count). The van der Waals surface area contributed by atoms with Crippen molar-refractivity contribution in [3.8, 4) is 0 Å². The Morgan fingerprint density at radius 2 is 2.20 bits per heavy atom. The molecule has 0 N–H and O–H groups in total. The largest absolute Gasteiger partial charge is 0.372 e. The van der Waals surface area contributed by atoms with Gasteiger partial charge in [-0.1, -0.05) is 6.08 Å². The molecule has 0 saturated carbocycles. The van der Waals surface area contributed by atoms with Crippen LogP contribution in [0.4, 0.5) is 0 Å². The van der Waals surface area contributed by atoms with E-state index in [1.54, 1.807) is 0 Å². The second kappa shape index (κ2) is 3.45. The molecule has 0 aromatic heterocycles. The van der Waals surface area contributed by atoms with Gasteiger partial charge in [-0.05, 0) is 32.4 Å². The fourth-order valence-electron chi connectivity index (χ4n) is 1.17. The summed E-state index contributed by atoms with van der Waals surface area (Å²) in [7, 11) is 0. The van der Waals surface area contributed by atoms with Crippen LogP contribution in [0.15, 0.2) is 17.8 Å². The molecule has 0 saturated heterocycles. The van der Waals surface area contributed by atoms with E-state index in [0.717, 1.165) is 19.5 Å². The van der Waals surface area contributed by atoms with Gasteiger partial charge in [0.15, 0.2) is 0 Å². The van der Waals surface area contributed by atoms with Gasteiger partial charge in [0.05, 0.1) is 0 Å². The number of nitrogens with zero attached hydrogens (tertiary/aromatic N) is 1. The Bertz CT molecular complexity index is 152. The molecule has 0 aliphatic heterocycles. The standard InChI is InChI=1S/C9H14N/c1-3-10(4-2)9-7-5-6-8-9/h5,7H,3-4,6H2,1-2H3. The Labute approximate surface area is 63.0 Å². The quantitative estimate of drug-likeness (QED) is 0.573. The molecule has 55 valence electrons. The van der Waals surface area contributed by atoms with E-state index in [9.17, 15) is 0 Å². The van der Waals surface area contributed by atoms with E-state index in [0.29, 0.717) is 0 Å². The fourth-order valence-corrected chi connectivity index (χ4v) is 1.17. The molecule has 1 aliphatic rings. The maximum atomic E-state index is 3.29. The lowest BCUT2D eigenvalue weighted by Gasteiger charge is -2.20. The summed E-state index contributed by atoms with van der Waals surface area (Å²) in [5.74, 6) is 0. The summed E-state index contributed by atoms with van der Waals surface area (Å²) in [6.07, 6.45) is 8.57. The average Bonchev–Trinajstić information content (AvgIpc) is 2.43. The molecule has 0 heterocycles. The van der Waals surface area contributed by atoms with Crippen LogP contribution in [0.5, 0.6) is 0 Å². The van der Waals surface area contributed by atoms with E-state index >= 15 is 0 Å². The number of hydrogen-bond acceptors (Lipinski definition) is 1. The Kier molecular flexibility index (Phi) is 2.55. The van der Waals surface area contributed by atoms with Crippen LogP contribution in [-0.4, -0.2) is 18.0 Å². The van der Waals surface area contributed by atoms with Crippen LogP contribution in [0.2, 0.25) is 0 Å². The van der Waals surface area contributed by atoms with Crippen LogP contribution < -0.4 is 0 Å².